The predicted molar refractivity (Wildman–Crippen MR) is 89.6 cm³/mol. The van der Waals surface area contributed by atoms with Gasteiger partial charge in [0.2, 0.25) is 5.91 Å². The minimum Gasteiger partial charge on any atom is -0.341 e. The normalized spacial score (nSPS) is 12.5. The van der Waals surface area contributed by atoms with Crippen molar-refractivity contribution in [3.63, 3.8) is 0 Å². The maximum Gasteiger partial charge on any atom is 0.222 e. The fourth-order valence-electron chi connectivity index (χ4n) is 2.33. The van der Waals surface area contributed by atoms with Crippen LogP contribution in [0, 0.1) is 11.8 Å². The van der Waals surface area contributed by atoms with Crippen molar-refractivity contribution < 1.29 is 4.79 Å². The summed E-state index contributed by atoms with van der Waals surface area (Å²) in [5.41, 5.74) is 6.72. The molecule has 0 aliphatic rings. The highest BCUT2D eigenvalue weighted by Crippen LogP contribution is 2.23. The predicted octanol–water partition coefficient (Wildman–Crippen LogP) is 3.96. The summed E-state index contributed by atoms with van der Waals surface area (Å²) in [6.45, 7) is 5.36. The Hall–Kier alpha value is -0.770. The van der Waals surface area contributed by atoms with Crippen LogP contribution in [0.1, 0.15) is 32.3 Å². The molecule has 118 valence electrons. The first-order chi connectivity index (χ1) is 9.83. The molecule has 0 aliphatic carbocycles. The van der Waals surface area contributed by atoms with Crippen molar-refractivity contribution in [2.75, 3.05) is 13.6 Å². The minimum absolute atomic E-state index is 0.108. The lowest BCUT2D eigenvalue weighted by Crippen LogP contribution is -2.30. The summed E-state index contributed by atoms with van der Waals surface area (Å²) in [7, 11) is 1.80. The Kier molecular flexibility index (Phi) is 7.50. The molecule has 0 saturated heterocycles. The SMILES string of the molecule is CC(C)C[C@H](CN)CC(=O)N(C)Cc1ccc(Cl)c(Cl)c1. The third-order valence-electron chi connectivity index (χ3n) is 3.43. The molecule has 3 nitrogen and oxygen atoms in total. The molecule has 5 heteroatoms. The molecule has 1 atom stereocenters. The number of halogens is 2. The number of hydrogen-bond acceptors (Lipinski definition) is 2. The zero-order valence-electron chi connectivity index (χ0n) is 12.9. The summed E-state index contributed by atoms with van der Waals surface area (Å²) in [5.74, 6) is 0.901. The highest BCUT2D eigenvalue weighted by atomic mass is 35.5. The molecule has 2 N–H and O–H groups in total. The first kappa shape index (κ1) is 18.3. The van der Waals surface area contributed by atoms with E-state index >= 15 is 0 Å². The second-order valence-corrected chi connectivity index (χ2v) is 6.75. The number of carbonyl (C=O) groups excluding carboxylic acids is 1. The van der Waals surface area contributed by atoms with Gasteiger partial charge in [-0.2, -0.15) is 0 Å². The van der Waals surface area contributed by atoms with Crippen molar-refractivity contribution in [3.05, 3.63) is 33.8 Å². The van der Waals surface area contributed by atoms with Crippen molar-refractivity contribution in [1.29, 1.82) is 0 Å². The van der Waals surface area contributed by atoms with Crippen LogP contribution in [0.25, 0.3) is 0 Å². The first-order valence-electron chi connectivity index (χ1n) is 7.21. The van der Waals surface area contributed by atoms with Crippen LogP contribution in [-0.2, 0) is 11.3 Å². The quantitative estimate of drug-likeness (QED) is 0.822. The maximum atomic E-state index is 12.3. The molecule has 0 heterocycles. The second kappa shape index (κ2) is 8.62. The van der Waals surface area contributed by atoms with E-state index in [2.05, 4.69) is 13.8 Å². The molecular weight excluding hydrogens is 307 g/mol. The van der Waals surface area contributed by atoms with Gasteiger partial charge in [-0.3, -0.25) is 4.79 Å². The Bertz CT molecular complexity index is 477. The highest BCUT2D eigenvalue weighted by molar-refractivity contribution is 6.42. The number of nitrogens with two attached hydrogens (primary N) is 1. The van der Waals surface area contributed by atoms with E-state index in [-0.39, 0.29) is 11.8 Å². The molecule has 0 radical (unpaired) electrons. The molecule has 0 saturated carbocycles. The third-order valence-corrected chi connectivity index (χ3v) is 4.17. The molecule has 0 unspecified atom stereocenters. The summed E-state index contributed by atoms with van der Waals surface area (Å²) in [6, 6.07) is 5.42. The van der Waals surface area contributed by atoms with E-state index in [1.807, 2.05) is 6.07 Å². The van der Waals surface area contributed by atoms with E-state index in [4.69, 9.17) is 28.9 Å². The van der Waals surface area contributed by atoms with Gasteiger partial charge >= 0.3 is 0 Å². The van der Waals surface area contributed by atoms with Crippen molar-refractivity contribution in [3.8, 4) is 0 Å². The van der Waals surface area contributed by atoms with E-state index in [1.165, 1.54) is 0 Å². The van der Waals surface area contributed by atoms with Crippen molar-refractivity contribution in [2.24, 2.45) is 17.6 Å². The number of rotatable bonds is 7. The zero-order chi connectivity index (χ0) is 16.0. The minimum atomic E-state index is 0.108. The van der Waals surface area contributed by atoms with Crippen LogP contribution in [0.3, 0.4) is 0 Å². The number of hydrogen-bond donors (Lipinski definition) is 1. The van der Waals surface area contributed by atoms with Crippen molar-refractivity contribution in [2.45, 2.75) is 33.2 Å². The smallest absolute Gasteiger partial charge is 0.222 e. The largest absolute Gasteiger partial charge is 0.341 e. The lowest BCUT2D eigenvalue weighted by atomic mass is 9.94. The van der Waals surface area contributed by atoms with Crippen LogP contribution in [-0.4, -0.2) is 24.4 Å². The number of carbonyl (C=O) groups is 1. The Morgan fingerprint density at radius 2 is 1.95 bits per heavy atom. The Morgan fingerprint density at radius 1 is 1.29 bits per heavy atom. The lowest BCUT2D eigenvalue weighted by Gasteiger charge is -2.22. The van der Waals surface area contributed by atoms with Gasteiger partial charge < -0.3 is 10.6 Å². The van der Waals surface area contributed by atoms with Crippen LogP contribution in [0.4, 0.5) is 0 Å². The van der Waals surface area contributed by atoms with Crippen LogP contribution in [0.5, 0.6) is 0 Å². The van der Waals surface area contributed by atoms with E-state index < -0.39 is 0 Å². The molecule has 0 spiro atoms. The topological polar surface area (TPSA) is 46.3 Å². The summed E-state index contributed by atoms with van der Waals surface area (Å²) >= 11 is 11.9. The molecule has 0 bridgehead atoms. The van der Waals surface area contributed by atoms with Crippen LogP contribution in [0.15, 0.2) is 18.2 Å². The fraction of sp³-hybridized carbons (Fsp3) is 0.562. The molecule has 21 heavy (non-hydrogen) atoms. The van der Waals surface area contributed by atoms with Gasteiger partial charge in [0.25, 0.3) is 0 Å². The highest BCUT2D eigenvalue weighted by Gasteiger charge is 2.17. The molecule has 1 amide bonds. The van der Waals surface area contributed by atoms with E-state index in [9.17, 15) is 4.79 Å². The number of amides is 1. The monoisotopic (exact) mass is 330 g/mol. The average molecular weight is 331 g/mol. The summed E-state index contributed by atoms with van der Waals surface area (Å²) in [5, 5.41) is 1.03. The third kappa shape index (κ3) is 6.25. The molecule has 1 aromatic rings. The van der Waals surface area contributed by atoms with Gasteiger partial charge in [-0.05, 0) is 42.5 Å². The van der Waals surface area contributed by atoms with Crippen LogP contribution >= 0.6 is 23.2 Å². The van der Waals surface area contributed by atoms with Crippen molar-refractivity contribution >= 4 is 29.1 Å². The van der Waals surface area contributed by atoms with E-state index in [1.54, 1.807) is 24.1 Å². The van der Waals surface area contributed by atoms with Gasteiger partial charge in [0.1, 0.15) is 0 Å². The van der Waals surface area contributed by atoms with Gasteiger partial charge in [0, 0.05) is 20.0 Å². The molecule has 0 fully saturated rings. The lowest BCUT2D eigenvalue weighted by molar-refractivity contribution is -0.131. The summed E-state index contributed by atoms with van der Waals surface area (Å²) in [6.07, 6.45) is 1.47. The molecule has 1 aromatic carbocycles. The van der Waals surface area contributed by atoms with Crippen molar-refractivity contribution in [1.82, 2.24) is 4.90 Å². The molecule has 1 rings (SSSR count). The fourth-order valence-corrected chi connectivity index (χ4v) is 2.65. The van der Waals surface area contributed by atoms with Gasteiger partial charge in [-0.15, -0.1) is 0 Å². The molecule has 0 aliphatic heterocycles. The van der Waals surface area contributed by atoms with Gasteiger partial charge in [0.15, 0.2) is 0 Å². The van der Waals surface area contributed by atoms with E-state index in [0.717, 1.165) is 12.0 Å². The van der Waals surface area contributed by atoms with Crippen LogP contribution in [0.2, 0.25) is 10.0 Å². The van der Waals surface area contributed by atoms with Gasteiger partial charge in [-0.25, -0.2) is 0 Å². The maximum absolute atomic E-state index is 12.3. The summed E-state index contributed by atoms with van der Waals surface area (Å²) < 4.78 is 0. The average Bonchev–Trinajstić information content (AvgIpc) is 2.41. The Balaban J connectivity index is 2.59. The molecule has 0 aromatic heterocycles. The standard InChI is InChI=1S/C16H24Cl2N2O/c1-11(2)6-13(9-19)8-16(21)20(3)10-12-4-5-14(17)15(18)7-12/h4-5,7,11,13H,6,8-10,19H2,1-3H3/t13-/m0/s1. The molecular formula is C16H24Cl2N2O. The van der Waals surface area contributed by atoms with Crippen LogP contribution < -0.4 is 5.73 Å². The number of benzene rings is 1. The Morgan fingerprint density at radius 3 is 2.48 bits per heavy atom. The van der Waals surface area contributed by atoms with Gasteiger partial charge in [-0.1, -0.05) is 43.1 Å². The second-order valence-electron chi connectivity index (χ2n) is 5.93. The Labute approximate surface area is 137 Å². The van der Waals surface area contributed by atoms with E-state index in [0.29, 0.717) is 35.5 Å². The van der Waals surface area contributed by atoms with Gasteiger partial charge in [0.05, 0.1) is 10.0 Å². The zero-order valence-corrected chi connectivity index (χ0v) is 14.4. The first-order valence-corrected chi connectivity index (χ1v) is 7.97. The summed E-state index contributed by atoms with van der Waals surface area (Å²) in [4.78, 5) is 14.0. The number of nitrogens with zero attached hydrogens (tertiary/aromatic N) is 1.